The predicted octanol–water partition coefficient (Wildman–Crippen LogP) is 0.999. The van der Waals surface area contributed by atoms with E-state index < -0.39 is 5.82 Å². The summed E-state index contributed by atoms with van der Waals surface area (Å²) in [6.45, 7) is 2.81. The maximum absolute atomic E-state index is 13.1. The lowest BCUT2D eigenvalue weighted by atomic mass is 10.1. The van der Waals surface area contributed by atoms with E-state index in [-0.39, 0.29) is 17.0 Å². The second kappa shape index (κ2) is 6.32. The molecule has 1 heterocycles. The number of amides is 1. The van der Waals surface area contributed by atoms with Crippen molar-refractivity contribution in [2.24, 2.45) is 0 Å². The van der Waals surface area contributed by atoms with Crippen LogP contribution in [0.2, 0.25) is 5.02 Å². The van der Waals surface area contributed by atoms with E-state index in [4.69, 9.17) is 11.6 Å². The van der Waals surface area contributed by atoms with Crippen molar-refractivity contribution in [2.45, 2.75) is 12.6 Å². The topological polar surface area (TPSA) is 44.4 Å². The van der Waals surface area contributed by atoms with Crippen molar-refractivity contribution in [1.29, 1.82) is 0 Å². The van der Waals surface area contributed by atoms with Gasteiger partial charge in [-0.1, -0.05) is 17.7 Å². The van der Waals surface area contributed by atoms with Crippen LogP contribution in [0.5, 0.6) is 0 Å². The van der Waals surface area contributed by atoms with Gasteiger partial charge < -0.3 is 10.6 Å². The van der Waals surface area contributed by atoms with E-state index in [0.29, 0.717) is 13.1 Å². The lowest BCUT2D eigenvalue weighted by Crippen LogP contribution is -2.56. The summed E-state index contributed by atoms with van der Waals surface area (Å²) in [5.41, 5.74) is 0.905. The summed E-state index contributed by atoms with van der Waals surface area (Å²) >= 11 is 5.77. The molecule has 2 N–H and O–H groups in total. The minimum Gasteiger partial charge on any atom is -0.358 e. The lowest BCUT2D eigenvalue weighted by molar-refractivity contribution is -0.126. The van der Waals surface area contributed by atoms with Crippen molar-refractivity contribution in [3.63, 3.8) is 0 Å². The van der Waals surface area contributed by atoms with Crippen molar-refractivity contribution in [1.82, 2.24) is 15.5 Å². The molecule has 19 heavy (non-hydrogen) atoms. The SMILES string of the molecule is CNC(=O)C1CNCCN1Cc1ccc(F)c(Cl)c1. The van der Waals surface area contributed by atoms with E-state index in [1.165, 1.54) is 6.07 Å². The minimum absolute atomic E-state index is 0.0135. The van der Waals surface area contributed by atoms with Crippen molar-refractivity contribution < 1.29 is 9.18 Å². The molecule has 4 nitrogen and oxygen atoms in total. The average Bonchev–Trinajstić information content (AvgIpc) is 2.43. The molecular formula is C13H17ClFN3O. The summed E-state index contributed by atoms with van der Waals surface area (Å²) in [5, 5.41) is 5.98. The molecule has 1 unspecified atom stereocenters. The highest BCUT2D eigenvalue weighted by Crippen LogP contribution is 2.18. The number of rotatable bonds is 3. The maximum Gasteiger partial charge on any atom is 0.238 e. The Labute approximate surface area is 116 Å². The molecule has 1 aromatic rings. The first-order chi connectivity index (χ1) is 9.11. The summed E-state index contributed by atoms with van der Waals surface area (Å²) in [6, 6.07) is 4.46. The number of carbonyl (C=O) groups is 1. The molecule has 6 heteroatoms. The Morgan fingerprint density at radius 3 is 3.11 bits per heavy atom. The van der Waals surface area contributed by atoms with Crippen molar-refractivity contribution in [3.05, 3.63) is 34.6 Å². The summed E-state index contributed by atoms with van der Waals surface area (Å²) in [4.78, 5) is 13.9. The van der Waals surface area contributed by atoms with Gasteiger partial charge in [-0.2, -0.15) is 0 Å². The molecule has 0 aliphatic carbocycles. The van der Waals surface area contributed by atoms with Crippen LogP contribution < -0.4 is 10.6 Å². The Hall–Kier alpha value is -1.17. The number of nitrogens with one attached hydrogen (secondary N) is 2. The molecule has 1 aromatic carbocycles. The van der Waals surface area contributed by atoms with Crippen LogP contribution in [-0.4, -0.2) is 43.5 Å². The highest BCUT2D eigenvalue weighted by Gasteiger charge is 2.27. The maximum atomic E-state index is 13.1. The molecule has 1 aliphatic heterocycles. The fraction of sp³-hybridized carbons (Fsp3) is 0.462. The fourth-order valence-corrected chi connectivity index (χ4v) is 2.44. The molecule has 0 saturated carbocycles. The highest BCUT2D eigenvalue weighted by atomic mass is 35.5. The van der Waals surface area contributed by atoms with E-state index >= 15 is 0 Å². The number of halogens is 2. The van der Waals surface area contributed by atoms with Gasteiger partial charge in [-0.15, -0.1) is 0 Å². The van der Waals surface area contributed by atoms with Crippen LogP contribution in [0.25, 0.3) is 0 Å². The number of likely N-dealkylation sites (N-methyl/N-ethyl adjacent to an activating group) is 1. The Kier molecular flexibility index (Phi) is 4.74. The molecular weight excluding hydrogens is 269 g/mol. The van der Waals surface area contributed by atoms with Gasteiger partial charge in [0.05, 0.1) is 5.02 Å². The summed E-state index contributed by atoms with van der Waals surface area (Å²) in [5.74, 6) is -0.436. The van der Waals surface area contributed by atoms with Gasteiger partial charge in [0.15, 0.2) is 0 Å². The second-order valence-electron chi connectivity index (χ2n) is 4.55. The normalized spacial score (nSPS) is 20.3. The van der Waals surface area contributed by atoms with Crippen LogP contribution in [0.3, 0.4) is 0 Å². The molecule has 0 bridgehead atoms. The molecule has 0 radical (unpaired) electrons. The average molecular weight is 286 g/mol. The summed E-state index contributed by atoms with van der Waals surface area (Å²) in [6.07, 6.45) is 0. The van der Waals surface area contributed by atoms with Gasteiger partial charge in [-0.25, -0.2) is 4.39 Å². The van der Waals surface area contributed by atoms with Crippen molar-refractivity contribution >= 4 is 17.5 Å². The number of nitrogens with zero attached hydrogens (tertiary/aromatic N) is 1. The standard InChI is InChI=1S/C13H17ClFN3O/c1-16-13(19)12-7-17-4-5-18(12)8-9-2-3-11(15)10(14)6-9/h2-3,6,12,17H,4-5,7-8H2,1H3,(H,16,19). The quantitative estimate of drug-likeness (QED) is 0.871. The zero-order chi connectivity index (χ0) is 13.8. The van der Waals surface area contributed by atoms with Crippen LogP contribution in [0.4, 0.5) is 4.39 Å². The van der Waals surface area contributed by atoms with Gasteiger partial charge in [0.1, 0.15) is 11.9 Å². The number of benzene rings is 1. The van der Waals surface area contributed by atoms with Crippen LogP contribution in [0.15, 0.2) is 18.2 Å². The predicted molar refractivity (Wildman–Crippen MR) is 72.5 cm³/mol. The van der Waals surface area contributed by atoms with Gasteiger partial charge in [-0.05, 0) is 17.7 Å². The van der Waals surface area contributed by atoms with E-state index in [2.05, 4.69) is 15.5 Å². The molecule has 1 saturated heterocycles. The number of hydrogen-bond donors (Lipinski definition) is 2. The monoisotopic (exact) mass is 285 g/mol. The Balaban J connectivity index is 2.10. The van der Waals surface area contributed by atoms with Gasteiger partial charge in [0, 0.05) is 33.2 Å². The fourth-order valence-electron chi connectivity index (χ4n) is 2.23. The van der Waals surface area contributed by atoms with E-state index in [9.17, 15) is 9.18 Å². The number of hydrogen-bond acceptors (Lipinski definition) is 3. The van der Waals surface area contributed by atoms with Crippen molar-refractivity contribution in [3.8, 4) is 0 Å². The lowest BCUT2D eigenvalue weighted by Gasteiger charge is -2.34. The van der Waals surface area contributed by atoms with Crippen LogP contribution in [0, 0.1) is 5.82 Å². The zero-order valence-corrected chi connectivity index (χ0v) is 11.5. The number of carbonyl (C=O) groups excluding carboxylic acids is 1. The van der Waals surface area contributed by atoms with Gasteiger partial charge in [0.2, 0.25) is 5.91 Å². The Morgan fingerprint density at radius 2 is 2.42 bits per heavy atom. The molecule has 104 valence electrons. The highest BCUT2D eigenvalue weighted by molar-refractivity contribution is 6.30. The van der Waals surface area contributed by atoms with E-state index in [1.807, 2.05) is 0 Å². The van der Waals surface area contributed by atoms with E-state index in [1.54, 1.807) is 19.2 Å². The van der Waals surface area contributed by atoms with Gasteiger partial charge in [0.25, 0.3) is 0 Å². The minimum atomic E-state index is -0.423. The van der Waals surface area contributed by atoms with Crippen molar-refractivity contribution in [2.75, 3.05) is 26.7 Å². The Morgan fingerprint density at radius 1 is 1.63 bits per heavy atom. The van der Waals surface area contributed by atoms with Gasteiger partial charge >= 0.3 is 0 Å². The van der Waals surface area contributed by atoms with Crippen LogP contribution in [-0.2, 0) is 11.3 Å². The van der Waals surface area contributed by atoms with E-state index in [0.717, 1.165) is 18.7 Å². The van der Waals surface area contributed by atoms with Crippen LogP contribution >= 0.6 is 11.6 Å². The molecule has 1 amide bonds. The first kappa shape index (κ1) is 14.2. The van der Waals surface area contributed by atoms with Gasteiger partial charge in [-0.3, -0.25) is 9.69 Å². The summed E-state index contributed by atoms with van der Waals surface area (Å²) in [7, 11) is 1.63. The molecule has 1 fully saturated rings. The van der Waals surface area contributed by atoms with Crippen LogP contribution in [0.1, 0.15) is 5.56 Å². The molecule has 0 aromatic heterocycles. The molecule has 1 atom stereocenters. The molecule has 1 aliphatic rings. The molecule has 2 rings (SSSR count). The largest absolute Gasteiger partial charge is 0.358 e. The third-order valence-electron chi connectivity index (χ3n) is 3.27. The number of piperazine rings is 1. The third kappa shape index (κ3) is 3.43. The molecule has 0 spiro atoms. The first-order valence-electron chi connectivity index (χ1n) is 6.22. The Bertz CT molecular complexity index is 469. The second-order valence-corrected chi connectivity index (χ2v) is 4.96. The first-order valence-corrected chi connectivity index (χ1v) is 6.60. The third-order valence-corrected chi connectivity index (χ3v) is 3.56. The zero-order valence-electron chi connectivity index (χ0n) is 10.7. The summed E-state index contributed by atoms with van der Waals surface area (Å²) < 4.78 is 13.1. The smallest absolute Gasteiger partial charge is 0.238 e.